The third kappa shape index (κ3) is 3.28. The predicted octanol–water partition coefficient (Wildman–Crippen LogP) is 5.07. The molecule has 19 heavy (non-hydrogen) atoms. The second-order valence-electron chi connectivity index (χ2n) is 4.52. The topological polar surface area (TPSA) is 12.0 Å². The number of aryl methyl sites for hydroxylation is 2. The van der Waals surface area contributed by atoms with Crippen molar-refractivity contribution in [2.24, 2.45) is 0 Å². The average molecular weight is 265 g/mol. The number of hydrogen-bond acceptors (Lipinski definition) is 1. The largest absolute Gasteiger partial charge is 0.416 e. The van der Waals surface area contributed by atoms with Gasteiger partial charge in [0, 0.05) is 11.4 Å². The van der Waals surface area contributed by atoms with E-state index in [1.807, 2.05) is 32.0 Å². The van der Waals surface area contributed by atoms with Crippen LogP contribution in [0.2, 0.25) is 0 Å². The molecule has 2 rings (SSSR count). The van der Waals surface area contributed by atoms with Crippen LogP contribution in [-0.4, -0.2) is 0 Å². The van der Waals surface area contributed by atoms with Gasteiger partial charge >= 0.3 is 6.18 Å². The summed E-state index contributed by atoms with van der Waals surface area (Å²) in [5.41, 5.74) is 2.65. The first kappa shape index (κ1) is 13.5. The van der Waals surface area contributed by atoms with Gasteiger partial charge in [0.05, 0.1) is 5.56 Å². The van der Waals surface area contributed by atoms with Gasteiger partial charge in [0.25, 0.3) is 0 Å². The van der Waals surface area contributed by atoms with Crippen molar-refractivity contribution >= 4 is 11.4 Å². The monoisotopic (exact) mass is 265 g/mol. The van der Waals surface area contributed by atoms with Crippen LogP contribution < -0.4 is 5.32 Å². The van der Waals surface area contributed by atoms with E-state index in [0.29, 0.717) is 5.69 Å². The quantitative estimate of drug-likeness (QED) is 0.799. The summed E-state index contributed by atoms with van der Waals surface area (Å²) in [6.45, 7) is 3.85. The molecule has 1 N–H and O–H groups in total. The van der Waals surface area contributed by atoms with Crippen molar-refractivity contribution in [2.75, 3.05) is 5.32 Å². The number of rotatable bonds is 2. The Balaban J connectivity index is 2.31. The molecule has 2 aromatic rings. The Hall–Kier alpha value is -1.97. The van der Waals surface area contributed by atoms with Crippen LogP contribution in [0.3, 0.4) is 0 Å². The summed E-state index contributed by atoms with van der Waals surface area (Å²) >= 11 is 0. The fourth-order valence-electron chi connectivity index (χ4n) is 1.80. The van der Waals surface area contributed by atoms with E-state index in [0.717, 1.165) is 28.9 Å². The molecule has 0 aliphatic carbocycles. The van der Waals surface area contributed by atoms with E-state index in [1.165, 1.54) is 6.07 Å². The molecule has 0 aromatic heterocycles. The summed E-state index contributed by atoms with van der Waals surface area (Å²) in [4.78, 5) is 0. The van der Waals surface area contributed by atoms with Crippen LogP contribution in [0.5, 0.6) is 0 Å². The molecule has 0 fully saturated rings. The van der Waals surface area contributed by atoms with E-state index >= 15 is 0 Å². The zero-order chi connectivity index (χ0) is 14.0. The Morgan fingerprint density at radius 2 is 1.68 bits per heavy atom. The van der Waals surface area contributed by atoms with Crippen molar-refractivity contribution in [3.8, 4) is 0 Å². The molecule has 0 unspecified atom stereocenters. The molecule has 1 nitrogen and oxygen atoms in total. The number of hydrogen-bond donors (Lipinski definition) is 1. The summed E-state index contributed by atoms with van der Waals surface area (Å²) in [5, 5.41) is 3.03. The van der Waals surface area contributed by atoms with Gasteiger partial charge in [-0.15, -0.1) is 0 Å². The second kappa shape index (κ2) is 4.96. The van der Waals surface area contributed by atoms with Gasteiger partial charge in [0.2, 0.25) is 0 Å². The second-order valence-corrected chi connectivity index (χ2v) is 4.52. The summed E-state index contributed by atoms with van der Waals surface area (Å²) in [5.74, 6) is 0. The number of anilines is 2. The van der Waals surface area contributed by atoms with E-state index < -0.39 is 11.7 Å². The minimum absolute atomic E-state index is 0.434. The molecule has 0 heterocycles. The standard InChI is InChI=1S/C15H14F3N/c1-10-6-7-11(2)14(8-10)19-13-5-3-4-12(9-13)15(16,17)18/h3-9,19H,1-2H3. The van der Waals surface area contributed by atoms with E-state index in [4.69, 9.17) is 0 Å². The normalized spacial score (nSPS) is 11.4. The number of nitrogens with one attached hydrogen (secondary N) is 1. The number of alkyl halides is 3. The molecule has 2 aromatic carbocycles. The van der Waals surface area contributed by atoms with Crippen molar-refractivity contribution in [1.82, 2.24) is 0 Å². The highest BCUT2D eigenvalue weighted by molar-refractivity contribution is 5.64. The summed E-state index contributed by atoms with van der Waals surface area (Å²) < 4.78 is 37.9. The molecular formula is C15H14F3N. The van der Waals surface area contributed by atoms with Crippen molar-refractivity contribution in [2.45, 2.75) is 20.0 Å². The van der Waals surface area contributed by atoms with Gasteiger partial charge in [0.1, 0.15) is 0 Å². The van der Waals surface area contributed by atoms with Gasteiger partial charge in [0.15, 0.2) is 0 Å². The zero-order valence-electron chi connectivity index (χ0n) is 10.7. The predicted molar refractivity (Wildman–Crippen MR) is 70.6 cm³/mol. The maximum atomic E-state index is 12.6. The van der Waals surface area contributed by atoms with Gasteiger partial charge < -0.3 is 5.32 Å². The SMILES string of the molecule is Cc1ccc(C)c(Nc2cccc(C(F)(F)F)c2)c1. The molecular weight excluding hydrogens is 251 g/mol. The Labute approximate surface area is 110 Å². The highest BCUT2D eigenvalue weighted by atomic mass is 19.4. The van der Waals surface area contributed by atoms with Gasteiger partial charge in [-0.2, -0.15) is 13.2 Å². The number of benzene rings is 2. The molecule has 0 amide bonds. The average Bonchev–Trinajstić information content (AvgIpc) is 2.33. The lowest BCUT2D eigenvalue weighted by Gasteiger charge is -2.13. The van der Waals surface area contributed by atoms with E-state index in [1.54, 1.807) is 6.07 Å². The smallest absolute Gasteiger partial charge is 0.355 e. The lowest BCUT2D eigenvalue weighted by Crippen LogP contribution is -2.05. The van der Waals surface area contributed by atoms with Crippen LogP contribution in [0.1, 0.15) is 16.7 Å². The number of halogens is 3. The molecule has 0 aliphatic heterocycles. The minimum Gasteiger partial charge on any atom is -0.355 e. The third-order valence-corrected chi connectivity index (χ3v) is 2.86. The van der Waals surface area contributed by atoms with Crippen LogP contribution in [-0.2, 0) is 6.18 Å². The molecule has 0 saturated heterocycles. The Bertz CT molecular complexity index is 588. The molecule has 0 spiro atoms. The minimum atomic E-state index is -4.32. The summed E-state index contributed by atoms with van der Waals surface area (Å²) in [6, 6.07) is 11.0. The first-order chi connectivity index (χ1) is 8.86. The lowest BCUT2D eigenvalue weighted by molar-refractivity contribution is -0.137. The van der Waals surface area contributed by atoms with Crippen LogP contribution >= 0.6 is 0 Å². The summed E-state index contributed by atoms with van der Waals surface area (Å²) in [6.07, 6.45) is -4.32. The Morgan fingerprint density at radius 1 is 0.947 bits per heavy atom. The van der Waals surface area contributed by atoms with E-state index in [2.05, 4.69) is 5.32 Å². The molecule has 0 aliphatic rings. The fourth-order valence-corrected chi connectivity index (χ4v) is 1.80. The van der Waals surface area contributed by atoms with E-state index in [9.17, 15) is 13.2 Å². The lowest BCUT2D eigenvalue weighted by atomic mass is 10.1. The zero-order valence-corrected chi connectivity index (χ0v) is 10.7. The molecule has 0 radical (unpaired) electrons. The Morgan fingerprint density at radius 3 is 2.37 bits per heavy atom. The van der Waals surface area contributed by atoms with E-state index in [-0.39, 0.29) is 0 Å². The molecule has 0 saturated carbocycles. The molecule has 100 valence electrons. The van der Waals surface area contributed by atoms with Crippen molar-refractivity contribution in [3.63, 3.8) is 0 Å². The van der Waals surface area contributed by atoms with Gasteiger partial charge in [-0.3, -0.25) is 0 Å². The molecule has 0 bridgehead atoms. The highest BCUT2D eigenvalue weighted by Gasteiger charge is 2.30. The van der Waals surface area contributed by atoms with Crippen molar-refractivity contribution < 1.29 is 13.2 Å². The van der Waals surface area contributed by atoms with Crippen molar-refractivity contribution in [3.05, 3.63) is 59.2 Å². The van der Waals surface area contributed by atoms with Gasteiger partial charge in [-0.05, 0) is 49.2 Å². The van der Waals surface area contributed by atoms with Crippen LogP contribution in [0.4, 0.5) is 24.5 Å². The first-order valence-corrected chi connectivity index (χ1v) is 5.88. The third-order valence-electron chi connectivity index (χ3n) is 2.86. The first-order valence-electron chi connectivity index (χ1n) is 5.88. The van der Waals surface area contributed by atoms with Gasteiger partial charge in [-0.1, -0.05) is 18.2 Å². The maximum absolute atomic E-state index is 12.6. The highest BCUT2D eigenvalue weighted by Crippen LogP contribution is 2.31. The fraction of sp³-hybridized carbons (Fsp3) is 0.200. The molecule has 4 heteroatoms. The summed E-state index contributed by atoms with van der Waals surface area (Å²) in [7, 11) is 0. The maximum Gasteiger partial charge on any atom is 0.416 e. The van der Waals surface area contributed by atoms with Crippen molar-refractivity contribution in [1.29, 1.82) is 0 Å². The van der Waals surface area contributed by atoms with Gasteiger partial charge in [-0.25, -0.2) is 0 Å². The Kier molecular flexibility index (Phi) is 3.51. The molecule has 0 atom stereocenters. The van der Waals surface area contributed by atoms with Crippen LogP contribution in [0.25, 0.3) is 0 Å². The van der Waals surface area contributed by atoms with Crippen LogP contribution in [0.15, 0.2) is 42.5 Å². The van der Waals surface area contributed by atoms with Crippen LogP contribution in [0, 0.1) is 13.8 Å².